The van der Waals surface area contributed by atoms with Crippen LogP contribution in [0, 0.1) is 5.92 Å². The second-order valence-corrected chi connectivity index (χ2v) is 7.73. The molecule has 2 aromatic rings. The molecule has 3 N–H and O–H groups in total. The first-order valence-electron chi connectivity index (χ1n) is 10.0. The van der Waals surface area contributed by atoms with Gasteiger partial charge in [-0.2, -0.15) is 0 Å². The summed E-state index contributed by atoms with van der Waals surface area (Å²) in [5.74, 6) is -1.80. The maximum atomic E-state index is 12.5. The van der Waals surface area contributed by atoms with Crippen LogP contribution in [0.3, 0.4) is 0 Å². The number of esters is 1. The number of carbonyl (C=O) groups is 4. The van der Waals surface area contributed by atoms with Gasteiger partial charge in [0.15, 0.2) is 12.4 Å². The van der Waals surface area contributed by atoms with Crippen LogP contribution in [0.15, 0.2) is 48.5 Å². The summed E-state index contributed by atoms with van der Waals surface area (Å²) in [5.41, 5.74) is 2.36. The highest BCUT2D eigenvalue weighted by molar-refractivity contribution is 6.05. The number of para-hydroxylation sites is 1. The quantitative estimate of drug-likeness (QED) is 0.467. The van der Waals surface area contributed by atoms with Crippen LogP contribution in [0.2, 0.25) is 0 Å². The van der Waals surface area contributed by atoms with E-state index in [4.69, 9.17) is 4.74 Å². The van der Waals surface area contributed by atoms with Gasteiger partial charge in [-0.15, -0.1) is 0 Å². The number of Topliss-reactive ketones (excluding diaryl/α,β-unsaturated/α-hetero) is 1. The molecule has 1 aliphatic heterocycles. The number of amides is 3. The van der Waals surface area contributed by atoms with Gasteiger partial charge in [0.25, 0.3) is 0 Å². The van der Waals surface area contributed by atoms with Gasteiger partial charge < -0.3 is 20.7 Å². The van der Waals surface area contributed by atoms with Gasteiger partial charge in [0.2, 0.25) is 5.91 Å². The van der Waals surface area contributed by atoms with Crippen molar-refractivity contribution in [3.8, 4) is 0 Å². The number of hydrogen-bond acceptors (Lipinski definition) is 5. The molecule has 3 amide bonds. The zero-order valence-electron chi connectivity index (χ0n) is 17.6. The molecule has 31 heavy (non-hydrogen) atoms. The van der Waals surface area contributed by atoms with Crippen molar-refractivity contribution in [2.75, 3.05) is 17.2 Å². The molecule has 0 aromatic heterocycles. The highest BCUT2D eigenvalue weighted by Crippen LogP contribution is 2.32. The van der Waals surface area contributed by atoms with Gasteiger partial charge in [-0.1, -0.05) is 32.0 Å². The van der Waals surface area contributed by atoms with Crippen LogP contribution in [0.4, 0.5) is 16.2 Å². The number of urea groups is 1. The van der Waals surface area contributed by atoms with Gasteiger partial charge >= 0.3 is 12.0 Å². The van der Waals surface area contributed by atoms with Gasteiger partial charge in [-0.3, -0.25) is 9.59 Å². The minimum absolute atomic E-state index is 0.120. The summed E-state index contributed by atoms with van der Waals surface area (Å²) in [7, 11) is 0. The number of nitrogens with one attached hydrogen (secondary N) is 3. The zero-order valence-corrected chi connectivity index (χ0v) is 17.6. The third-order valence-corrected chi connectivity index (χ3v) is 5.08. The summed E-state index contributed by atoms with van der Waals surface area (Å²) >= 11 is 0. The summed E-state index contributed by atoms with van der Waals surface area (Å²) < 4.78 is 5.19. The van der Waals surface area contributed by atoms with Crippen molar-refractivity contribution in [3.63, 3.8) is 0 Å². The zero-order chi connectivity index (χ0) is 22.5. The molecule has 0 saturated heterocycles. The lowest BCUT2D eigenvalue weighted by Gasteiger charge is -2.21. The molecule has 2 atom stereocenters. The van der Waals surface area contributed by atoms with E-state index in [-0.39, 0.29) is 23.5 Å². The highest BCUT2D eigenvalue weighted by Gasteiger charge is 2.29. The van der Waals surface area contributed by atoms with Gasteiger partial charge in [-0.05, 0) is 48.7 Å². The highest BCUT2D eigenvalue weighted by atomic mass is 16.5. The predicted octanol–water partition coefficient (Wildman–Crippen LogP) is 3.31. The normalized spacial score (nSPS) is 15.6. The Hall–Kier alpha value is -3.68. The molecule has 1 heterocycles. The first-order chi connectivity index (χ1) is 14.8. The SMILES string of the molecule is CC(C)[C@@H](NC(=O)Nc1ccccc1)C(=O)OCC(=O)c1ccc2c(c1)[C@H](C)C(=O)N2. The van der Waals surface area contributed by atoms with Crippen molar-refractivity contribution in [3.05, 3.63) is 59.7 Å². The smallest absolute Gasteiger partial charge is 0.329 e. The van der Waals surface area contributed by atoms with E-state index in [1.54, 1.807) is 63.2 Å². The Morgan fingerprint density at radius 3 is 2.48 bits per heavy atom. The van der Waals surface area contributed by atoms with Crippen molar-refractivity contribution >= 4 is 35.1 Å². The summed E-state index contributed by atoms with van der Waals surface area (Å²) in [5, 5.41) is 7.98. The Kier molecular flexibility index (Phi) is 6.69. The number of benzene rings is 2. The monoisotopic (exact) mass is 423 g/mol. The molecular weight excluding hydrogens is 398 g/mol. The third-order valence-electron chi connectivity index (χ3n) is 5.08. The fourth-order valence-electron chi connectivity index (χ4n) is 3.23. The molecule has 0 spiro atoms. The average molecular weight is 423 g/mol. The van der Waals surface area contributed by atoms with Crippen LogP contribution in [0.5, 0.6) is 0 Å². The number of fused-ring (bicyclic) bond motifs is 1. The minimum Gasteiger partial charge on any atom is -0.456 e. The third kappa shape index (κ3) is 5.28. The summed E-state index contributed by atoms with van der Waals surface area (Å²) in [6.45, 7) is 4.83. The first kappa shape index (κ1) is 22.0. The summed E-state index contributed by atoms with van der Waals surface area (Å²) in [6.07, 6.45) is 0. The van der Waals surface area contributed by atoms with E-state index >= 15 is 0 Å². The Morgan fingerprint density at radius 2 is 1.81 bits per heavy atom. The molecule has 0 fully saturated rings. The lowest BCUT2D eigenvalue weighted by molar-refractivity contribution is -0.145. The van der Waals surface area contributed by atoms with Gasteiger partial charge in [0.05, 0.1) is 5.92 Å². The van der Waals surface area contributed by atoms with Crippen LogP contribution < -0.4 is 16.0 Å². The topological polar surface area (TPSA) is 114 Å². The summed E-state index contributed by atoms with van der Waals surface area (Å²) in [6, 6.07) is 12.3. The van der Waals surface area contributed by atoms with Crippen molar-refractivity contribution in [2.45, 2.75) is 32.7 Å². The first-order valence-corrected chi connectivity index (χ1v) is 10.0. The Balaban J connectivity index is 1.58. The Labute approximate surface area is 180 Å². The lowest BCUT2D eigenvalue weighted by atomic mass is 9.99. The maximum absolute atomic E-state index is 12.5. The van der Waals surface area contributed by atoms with E-state index in [9.17, 15) is 19.2 Å². The van der Waals surface area contributed by atoms with Crippen LogP contribution in [0.25, 0.3) is 0 Å². The molecule has 0 bridgehead atoms. The lowest BCUT2D eigenvalue weighted by Crippen LogP contribution is -2.47. The van der Waals surface area contributed by atoms with E-state index in [1.807, 2.05) is 6.07 Å². The molecule has 0 unspecified atom stereocenters. The molecule has 1 aliphatic rings. The maximum Gasteiger partial charge on any atom is 0.329 e. The van der Waals surface area contributed by atoms with Crippen LogP contribution in [-0.2, 0) is 14.3 Å². The summed E-state index contributed by atoms with van der Waals surface area (Å²) in [4.78, 5) is 49.0. The fourth-order valence-corrected chi connectivity index (χ4v) is 3.23. The van der Waals surface area contributed by atoms with E-state index in [1.165, 1.54) is 0 Å². The van der Waals surface area contributed by atoms with Crippen LogP contribution in [-0.4, -0.2) is 36.3 Å². The van der Waals surface area contributed by atoms with Gasteiger partial charge in [-0.25, -0.2) is 9.59 Å². The van der Waals surface area contributed by atoms with Crippen LogP contribution >= 0.6 is 0 Å². The fraction of sp³-hybridized carbons (Fsp3) is 0.304. The molecule has 0 radical (unpaired) electrons. The van der Waals surface area contributed by atoms with Crippen molar-refractivity contribution in [2.24, 2.45) is 5.92 Å². The van der Waals surface area contributed by atoms with E-state index in [2.05, 4.69) is 16.0 Å². The largest absolute Gasteiger partial charge is 0.456 e. The Bertz CT molecular complexity index is 1000. The predicted molar refractivity (Wildman–Crippen MR) is 116 cm³/mol. The van der Waals surface area contributed by atoms with E-state index < -0.39 is 24.6 Å². The molecular formula is C23H25N3O5. The van der Waals surface area contributed by atoms with Crippen molar-refractivity contribution < 1.29 is 23.9 Å². The molecule has 2 aromatic carbocycles. The molecule has 0 saturated carbocycles. The minimum atomic E-state index is -0.918. The van der Waals surface area contributed by atoms with Gasteiger partial charge in [0, 0.05) is 16.9 Å². The average Bonchev–Trinajstić information content (AvgIpc) is 3.03. The number of carbonyl (C=O) groups excluding carboxylic acids is 4. The number of ether oxygens (including phenoxy) is 1. The standard InChI is InChI=1S/C23H25N3O5/c1-13(2)20(26-23(30)24-16-7-5-4-6-8-16)22(29)31-12-19(27)15-9-10-18-17(11-15)14(3)21(28)25-18/h4-11,13-14,20H,12H2,1-3H3,(H,25,28)(H2,24,26,30)/t14-,20+/m0/s1. The van der Waals surface area contributed by atoms with Crippen molar-refractivity contribution in [1.82, 2.24) is 5.32 Å². The second kappa shape index (κ2) is 9.42. The van der Waals surface area contributed by atoms with E-state index in [0.29, 0.717) is 16.9 Å². The molecule has 3 rings (SSSR count). The number of rotatable bonds is 7. The molecule has 162 valence electrons. The molecule has 8 heteroatoms. The number of ketones is 1. The number of anilines is 2. The Morgan fingerprint density at radius 1 is 1.10 bits per heavy atom. The van der Waals surface area contributed by atoms with Crippen LogP contribution in [0.1, 0.15) is 42.6 Å². The van der Waals surface area contributed by atoms with E-state index in [0.717, 1.165) is 5.56 Å². The number of hydrogen-bond donors (Lipinski definition) is 3. The molecule has 8 nitrogen and oxygen atoms in total. The van der Waals surface area contributed by atoms with Crippen molar-refractivity contribution in [1.29, 1.82) is 0 Å². The second-order valence-electron chi connectivity index (χ2n) is 7.73. The van der Waals surface area contributed by atoms with Gasteiger partial charge in [0.1, 0.15) is 6.04 Å². The molecule has 0 aliphatic carbocycles.